The van der Waals surface area contributed by atoms with Crippen LogP contribution in [0.3, 0.4) is 0 Å². The maximum Gasteiger partial charge on any atom is 0.225 e. The standard InChI is InChI=1S/C17H28N6.HI/c1-4-18-15(21-13-14-12-17(14,2)3)22-8-10-23(11-9-22)16-19-6-5-7-20-16;/h5-7,14H,4,8-13H2,1-3H3,(H,18,21);1H. The van der Waals surface area contributed by atoms with Crippen molar-refractivity contribution in [2.45, 2.75) is 27.2 Å². The second-order valence-corrected chi connectivity index (χ2v) is 7.11. The van der Waals surface area contributed by atoms with Gasteiger partial charge in [0.2, 0.25) is 5.95 Å². The number of hydrogen-bond acceptors (Lipinski definition) is 4. The predicted molar refractivity (Wildman–Crippen MR) is 109 cm³/mol. The molecule has 1 aromatic heterocycles. The molecule has 3 rings (SSSR count). The van der Waals surface area contributed by atoms with Gasteiger partial charge in [-0.05, 0) is 30.7 Å². The molecule has 2 heterocycles. The Morgan fingerprint density at radius 3 is 2.42 bits per heavy atom. The molecule has 1 N–H and O–H groups in total. The molecule has 0 radical (unpaired) electrons. The highest BCUT2D eigenvalue weighted by molar-refractivity contribution is 14.0. The average molecular weight is 444 g/mol. The van der Waals surface area contributed by atoms with Gasteiger partial charge >= 0.3 is 0 Å². The molecule has 0 bridgehead atoms. The van der Waals surface area contributed by atoms with E-state index in [4.69, 9.17) is 4.99 Å². The summed E-state index contributed by atoms with van der Waals surface area (Å²) in [4.78, 5) is 18.2. The van der Waals surface area contributed by atoms with Crippen LogP contribution in [0.15, 0.2) is 23.5 Å². The Balaban J connectivity index is 0.00000208. The van der Waals surface area contributed by atoms with E-state index >= 15 is 0 Å². The van der Waals surface area contributed by atoms with Crippen LogP contribution in [0.25, 0.3) is 0 Å². The van der Waals surface area contributed by atoms with Gasteiger partial charge in [-0.25, -0.2) is 9.97 Å². The van der Waals surface area contributed by atoms with Crippen molar-refractivity contribution in [1.29, 1.82) is 0 Å². The van der Waals surface area contributed by atoms with E-state index in [9.17, 15) is 0 Å². The SMILES string of the molecule is CCNC(=NCC1CC1(C)C)N1CCN(c2ncccn2)CC1.I. The van der Waals surface area contributed by atoms with Gasteiger partial charge in [-0.1, -0.05) is 13.8 Å². The summed E-state index contributed by atoms with van der Waals surface area (Å²) in [6, 6.07) is 1.86. The van der Waals surface area contributed by atoms with E-state index in [1.54, 1.807) is 12.4 Å². The molecule has 0 aromatic carbocycles. The van der Waals surface area contributed by atoms with Crippen LogP contribution in [-0.2, 0) is 0 Å². The Labute approximate surface area is 162 Å². The minimum atomic E-state index is 0. The van der Waals surface area contributed by atoms with Gasteiger partial charge in [0, 0.05) is 51.7 Å². The van der Waals surface area contributed by atoms with Crippen molar-refractivity contribution >= 4 is 35.9 Å². The fraction of sp³-hybridized carbons (Fsp3) is 0.706. The van der Waals surface area contributed by atoms with Gasteiger partial charge in [-0.2, -0.15) is 0 Å². The first-order valence-corrected chi connectivity index (χ1v) is 8.65. The zero-order chi connectivity index (χ0) is 16.3. The maximum atomic E-state index is 4.87. The lowest BCUT2D eigenvalue weighted by Gasteiger charge is -2.36. The molecule has 7 heteroatoms. The molecule has 1 aromatic rings. The van der Waals surface area contributed by atoms with Crippen molar-refractivity contribution in [2.75, 3.05) is 44.2 Å². The zero-order valence-corrected chi connectivity index (χ0v) is 17.2. The Morgan fingerprint density at radius 1 is 1.25 bits per heavy atom. The van der Waals surface area contributed by atoms with E-state index in [2.05, 4.69) is 45.9 Å². The first kappa shape index (κ1) is 19.2. The molecule has 134 valence electrons. The average Bonchev–Trinajstić information content (AvgIpc) is 3.19. The van der Waals surface area contributed by atoms with Crippen LogP contribution in [-0.4, -0.2) is 60.1 Å². The summed E-state index contributed by atoms with van der Waals surface area (Å²) >= 11 is 0. The molecular weight excluding hydrogens is 415 g/mol. The molecule has 1 unspecified atom stereocenters. The summed E-state index contributed by atoms with van der Waals surface area (Å²) in [7, 11) is 0. The lowest BCUT2D eigenvalue weighted by atomic mass is 10.1. The lowest BCUT2D eigenvalue weighted by Crippen LogP contribution is -2.53. The molecule has 1 saturated carbocycles. The second-order valence-electron chi connectivity index (χ2n) is 7.11. The second kappa shape index (κ2) is 8.31. The molecule has 2 aliphatic rings. The van der Waals surface area contributed by atoms with Crippen molar-refractivity contribution in [3.8, 4) is 0 Å². The molecule has 6 nitrogen and oxygen atoms in total. The van der Waals surface area contributed by atoms with Crippen molar-refractivity contribution in [1.82, 2.24) is 20.2 Å². The third kappa shape index (κ3) is 4.70. The van der Waals surface area contributed by atoms with Crippen LogP contribution < -0.4 is 10.2 Å². The zero-order valence-electron chi connectivity index (χ0n) is 14.9. The van der Waals surface area contributed by atoms with E-state index in [-0.39, 0.29) is 24.0 Å². The number of piperazine rings is 1. The fourth-order valence-electron chi connectivity index (χ4n) is 3.08. The summed E-state index contributed by atoms with van der Waals surface area (Å²) in [6.07, 6.45) is 4.91. The molecular formula is C17H29IN6. The fourth-order valence-corrected chi connectivity index (χ4v) is 3.08. The summed E-state index contributed by atoms with van der Waals surface area (Å²) in [6.45, 7) is 12.4. The minimum Gasteiger partial charge on any atom is -0.357 e. The first-order chi connectivity index (χ1) is 11.1. The molecule has 1 saturated heterocycles. The molecule has 0 spiro atoms. The third-order valence-electron chi connectivity index (χ3n) is 4.93. The number of aliphatic imine (C=N–C) groups is 1. The van der Waals surface area contributed by atoms with Crippen LogP contribution in [0.2, 0.25) is 0 Å². The number of nitrogens with one attached hydrogen (secondary N) is 1. The van der Waals surface area contributed by atoms with Gasteiger partial charge in [0.05, 0.1) is 0 Å². The number of anilines is 1. The van der Waals surface area contributed by atoms with Crippen LogP contribution in [0, 0.1) is 11.3 Å². The summed E-state index contributed by atoms with van der Waals surface area (Å²) in [5.41, 5.74) is 0.490. The van der Waals surface area contributed by atoms with Gasteiger partial charge in [0.1, 0.15) is 0 Å². The van der Waals surface area contributed by atoms with E-state index < -0.39 is 0 Å². The topological polar surface area (TPSA) is 56.7 Å². The number of guanidine groups is 1. The minimum absolute atomic E-state index is 0. The Morgan fingerprint density at radius 2 is 1.88 bits per heavy atom. The predicted octanol–water partition coefficient (Wildman–Crippen LogP) is 2.23. The van der Waals surface area contributed by atoms with E-state index in [0.29, 0.717) is 5.41 Å². The quantitative estimate of drug-likeness (QED) is 0.439. The maximum absolute atomic E-state index is 4.87. The van der Waals surface area contributed by atoms with E-state index in [1.807, 2.05) is 6.07 Å². The van der Waals surface area contributed by atoms with Gasteiger partial charge < -0.3 is 15.1 Å². The van der Waals surface area contributed by atoms with Crippen LogP contribution in [0.1, 0.15) is 27.2 Å². The molecule has 24 heavy (non-hydrogen) atoms. The van der Waals surface area contributed by atoms with Crippen LogP contribution in [0.4, 0.5) is 5.95 Å². The van der Waals surface area contributed by atoms with Gasteiger partial charge in [0.15, 0.2) is 5.96 Å². The number of halogens is 1. The van der Waals surface area contributed by atoms with Gasteiger partial charge in [-0.15, -0.1) is 24.0 Å². The van der Waals surface area contributed by atoms with E-state index in [0.717, 1.165) is 57.1 Å². The summed E-state index contributed by atoms with van der Waals surface area (Å²) < 4.78 is 0. The number of rotatable bonds is 4. The van der Waals surface area contributed by atoms with Crippen LogP contribution >= 0.6 is 24.0 Å². The Bertz CT molecular complexity index is 539. The lowest BCUT2D eigenvalue weighted by molar-refractivity contribution is 0.369. The van der Waals surface area contributed by atoms with Gasteiger partial charge in [0.25, 0.3) is 0 Å². The molecule has 2 fully saturated rings. The van der Waals surface area contributed by atoms with E-state index in [1.165, 1.54) is 6.42 Å². The van der Waals surface area contributed by atoms with Crippen molar-refractivity contribution in [3.05, 3.63) is 18.5 Å². The van der Waals surface area contributed by atoms with Crippen molar-refractivity contribution < 1.29 is 0 Å². The van der Waals surface area contributed by atoms with Crippen molar-refractivity contribution in [3.63, 3.8) is 0 Å². The number of hydrogen-bond donors (Lipinski definition) is 1. The largest absolute Gasteiger partial charge is 0.357 e. The summed E-state index contributed by atoms with van der Waals surface area (Å²) in [5, 5.41) is 3.44. The van der Waals surface area contributed by atoms with Crippen molar-refractivity contribution in [2.24, 2.45) is 16.3 Å². The summed E-state index contributed by atoms with van der Waals surface area (Å²) in [5.74, 6) is 2.63. The normalized spacial score (nSPS) is 22.8. The Kier molecular flexibility index (Phi) is 6.65. The van der Waals surface area contributed by atoms with Crippen LogP contribution in [0.5, 0.6) is 0 Å². The molecule has 1 aliphatic heterocycles. The first-order valence-electron chi connectivity index (χ1n) is 8.65. The highest BCUT2D eigenvalue weighted by Crippen LogP contribution is 2.51. The smallest absolute Gasteiger partial charge is 0.225 e. The monoisotopic (exact) mass is 444 g/mol. The number of nitrogens with zero attached hydrogens (tertiary/aromatic N) is 5. The molecule has 1 aliphatic carbocycles. The Hall–Kier alpha value is -1.12. The highest BCUT2D eigenvalue weighted by Gasteiger charge is 2.45. The highest BCUT2D eigenvalue weighted by atomic mass is 127. The van der Waals surface area contributed by atoms with Gasteiger partial charge in [-0.3, -0.25) is 4.99 Å². The molecule has 0 amide bonds. The third-order valence-corrected chi connectivity index (χ3v) is 4.93. The number of aromatic nitrogens is 2. The molecule has 1 atom stereocenters.